The van der Waals surface area contributed by atoms with Crippen molar-refractivity contribution in [2.75, 3.05) is 0 Å². The molecule has 1 aliphatic rings. The summed E-state index contributed by atoms with van der Waals surface area (Å²) in [7, 11) is 0. The topological polar surface area (TPSA) is 91.4 Å². The van der Waals surface area contributed by atoms with Crippen molar-refractivity contribution in [3.8, 4) is 28.9 Å². The molecule has 0 saturated heterocycles. The van der Waals surface area contributed by atoms with Gasteiger partial charge in [0.25, 0.3) is 0 Å². The molecule has 0 amide bonds. The summed E-state index contributed by atoms with van der Waals surface area (Å²) in [5.74, 6) is 1.58. The lowest BCUT2D eigenvalue weighted by Gasteiger charge is -1.99. The van der Waals surface area contributed by atoms with Gasteiger partial charge in [0.1, 0.15) is 17.5 Å². The van der Waals surface area contributed by atoms with Crippen LogP contribution in [0.25, 0.3) is 22.8 Å². The average Bonchev–Trinajstić information content (AvgIpc) is 3.12. The molecule has 1 aromatic carbocycles. The zero-order valence-electron chi connectivity index (χ0n) is 12.3. The smallest absolute Gasteiger partial charge is 0.226 e. The van der Waals surface area contributed by atoms with Gasteiger partial charge in [-0.15, -0.1) is 5.10 Å². The second-order valence-corrected chi connectivity index (χ2v) is 6.01. The number of H-pyrrole nitrogens is 1. The summed E-state index contributed by atoms with van der Waals surface area (Å²) in [6.45, 7) is 1.94. The maximum absolute atomic E-state index is 9.16. The molecule has 0 radical (unpaired) electrons. The summed E-state index contributed by atoms with van der Waals surface area (Å²) in [6, 6.07) is 7.69. The minimum Gasteiger partial charge on any atom is -0.440 e. The Hall–Kier alpha value is -2.65. The van der Waals surface area contributed by atoms with Crippen LogP contribution in [0.3, 0.4) is 0 Å². The molecule has 7 heteroatoms. The van der Waals surface area contributed by atoms with Gasteiger partial charge in [-0.2, -0.15) is 15.6 Å². The number of aromatic nitrogens is 4. The first kappa shape index (κ1) is 14.0. The number of aryl methyl sites for hydroxylation is 1. The second kappa shape index (κ2) is 5.21. The van der Waals surface area contributed by atoms with Crippen LogP contribution in [0.2, 0.25) is 5.02 Å². The van der Waals surface area contributed by atoms with Crippen molar-refractivity contribution in [1.29, 1.82) is 5.26 Å². The lowest BCUT2D eigenvalue weighted by molar-refractivity contribution is 0.521. The van der Waals surface area contributed by atoms with E-state index in [1.54, 1.807) is 0 Å². The molecule has 0 bridgehead atoms. The molecular formula is C16H12ClN5O. The van der Waals surface area contributed by atoms with Gasteiger partial charge in [0.05, 0.1) is 0 Å². The van der Waals surface area contributed by atoms with E-state index < -0.39 is 0 Å². The molecule has 3 aromatic rings. The van der Waals surface area contributed by atoms with Gasteiger partial charge < -0.3 is 4.42 Å². The SMILES string of the molecule is Cc1ccc(-c2nc(-c3n[nH]nc3C#N)c(C3CC3)o2)cc1Cl. The van der Waals surface area contributed by atoms with Crippen molar-refractivity contribution in [2.45, 2.75) is 25.7 Å². The maximum atomic E-state index is 9.16. The fraction of sp³-hybridized carbons (Fsp3) is 0.250. The number of halogens is 1. The van der Waals surface area contributed by atoms with Gasteiger partial charge in [-0.25, -0.2) is 4.98 Å². The molecule has 4 rings (SSSR count). The van der Waals surface area contributed by atoms with Gasteiger partial charge in [-0.3, -0.25) is 0 Å². The standard InChI is InChI=1S/C16H12ClN5O/c1-8-2-3-10(6-11(8)17)16-19-14(15(23-16)9-4-5-9)13-12(7-18)20-22-21-13/h2-3,6,9H,4-5H2,1H3,(H,20,21,22). The van der Waals surface area contributed by atoms with Gasteiger partial charge in [0, 0.05) is 16.5 Å². The second-order valence-electron chi connectivity index (χ2n) is 5.60. The van der Waals surface area contributed by atoms with E-state index >= 15 is 0 Å². The number of hydrogen-bond donors (Lipinski definition) is 1. The van der Waals surface area contributed by atoms with Crippen molar-refractivity contribution < 1.29 is 4.42 Å². The van der Waals surface area contributed by atoms with E-state index in [4.69, 9.17) is 21.3 Å². The van der Waals surface area contributed by atoms with Crippen LogP contribution in [-0.2, 0) is 0 Å². The highest BCUT2D eigenvalue weighted by atomic mass is 35.5. The molecule has 6 nitrogen and oxygen atoms in total. The minimum absolute atomic E-state index is 0.216. The predicted molar refractivity (Wildman–Crippen MR) is 83.8 cm³/mol. The lowest BCUT2D eigenvalue weighted by atomic mass is 10.1. The molecule has 23 heavy (non-hydrogen) atoms. The first-order chi connectivity index (χ1) is 11.2. The van der Waals surface area contributed by atoms with Crippen molar-refractivity contribution in [3.05, 3.63) is 40.2 Å². The molecule has 2 heterocycles. The Morgan fingerprint density at radius 2 is 2.13 bits per heavy atom. The summed E-state index contributed by atoms with van der Waals surface area (Å²) in [4.78, 5) is 4.56. The molecule has 0 unspecified atom stereocenters. The summed E-state index contributed by atoms with van der Waals surface area (Å²) in [5.41, 5.74) is 3.03. The van der Waals surface area contributed by atoms with Crippen LogP contribution >= 0.6 is 11.6 Å². The molecule has 1 saturated carbocycles. The predicted octanol–water partition coefficient (Wildman–Crippen LogP) is 3.84. The maximum Gasteiger partial charge on any atom is 0.226 e. The number of hydrogen-bond acceptors (Lipinski definition) is 5. The van der Waals surface area contributed by atoms with Crippen molar-refractivity contribution in [3.63, 3.8) is 0 Å². The third-order valence-corrected chi connectivity index (χ3v) is 4.31. The highest BCUT2D eigenvalue weighted by molar-refractivity contribution is 6.31. The summed E-state index contributed by atoms with van der Waals surface area (Å²) < 4.78 is 5.98. The van der Waals surface area contributed by atoms with E-state index in [-0.39, 0.29) is 5.69 Å². The highest BCUT2D eigenvalue weighted by Crippen LogP contribution is 2.46. The molecular weight excluding hydrogens is 314 g/mol. The fourth-order valence-electron chi connectivity index (χ4n) is 2.45. The molecule has 0 atom stereocenters. The van der Waals surface area contributed by atoms with Crippen molar-refractivity contribution in [2.24, 2.45) is 0 Å². The average molecular weight is 326 g/mol. The Balaban J connectivity index is 1.86. The molecule has 2 aromatic heterocycles. The van der Waals surface area contributed by atoms with Gasteiger partial charge in [0.15, 0.2) is 11.4 Å². The van der Waals surface area contributed by atoms with Gasteiger partial charge in [-0.05, 0) is 37.5 Å². The molecule has 1 fully saturated rings. The monoisotopic (exact) mass is 325 g/mol. The number of nitrogens with one attached hydrogen (secondary N) is 1. The van der Waals surface area contributed by atoms with Crippen LogP contribution in [0.1, 0.15) is 35.8 Å². The third-order valence-electron chi connectivity index (χ3n) is 3.90. The number of benzene rings is 1. The number of rotatable bonds is 3. The zero-order chi connectivity index (χ0) is 16.0. The molecule has 1 N–H and O–H groups in total. The molecule has 114 valence electrons. The summed E-state index contributed by atoms with van der Waals surface area (Å²) >= 11 is 6.19. The Morgan fingerprint density at radius 3 is 2.83 bits per heavy atom. The van der Waals surface area contributed by atoms with Gasteiger partial charge in [0.2, 0.25) is 5.89 Å². The van der Waals surface area contributed by atoms with Crippen LogP contribution in [-0.4, -0.2) is 20.4 Å². The van der Waals surface area contributed by atoms with E-state index in [9.17, 15) is 0 Å². The zero-order valence-corrected chi connectivity index (χ0v) is 13.1. The molecule has 0 aliphatic heterocycles. The summed E-state index contributed by atoms with van der Waals surface area (Å²) in [6.07, 6.45) is 2.10. The van der Waals surface area contributed by atoms with E-state index in [1.165, 1.54) is 0 Å². The van der Waals surface area contributed by atoms with E-state index in [1.807, 2.05) is 31.2 Å². The van der Waals surface area contributed by atoms with Crippen LogP contribution in [0, 0.1) is 18.3 Å². The molecule has 0 spiro atoms. The minimum atomic E-state index is 0.216. The number of aromatic amines is 1. The Kier molecular flexibility index (Phi) is 3.17. The Bertz CT molecular complexity index is 932. The van der Waals surface area contributed by atoms with E-state index in [0.717, 1.165) is 29.7 Å². The van der Waals surface area contributed by atoms with Gasteiger partial charge in [-0.1, -0.05) is 17.7 Å². The highest BCUT2D eigenvalue weighted by Gasteiger charge is 2.34. The van der Waals surface area contributed by atoms with Crippen molar-refractivity contribution in [1.82, 2.24) is 20.4 Å². The normalized spacial score (nSPS) is 14.0. The lowest BCUT2D eigenvalue weighted by Crippen LogP contribution is -1.88. The Labute approximate surface area is 137 Å². The quantitative estimate of drug-likeness (QED) is 0.790. The van der Waals surface area contributed by atoms with Crippen molar-refractivity contribution >= 4 is 11.6 Å². The van der Waals surface area contributed by atoms with Crippen LogP contribution < -0.4 is 0 Å². The largest absolute Gasteiger partial charge is 0.440 e. The van der Waals surface area contributed by atoms with Crippen LogP contribution in [0.15, 0.2) is 22.6 Å². The van der Waals surface area contributed by atoms with Gasteiger partial charge >= 0.3 is 0 Å². The third kappa shape index (κ3) is 2.39. The first-order valence-electron chi connectivity index (χ1n) is 7.26. The van der Waals surface area contributed by atoms with E-state index in [2.05, 4.69) is 20.4 Å². The van der Waals surface area contributed by atoms with Crippen LogP contribution in [0.5, 0.6) is 0 Å². The molecule has 1 aliphatic carbocycles. The number of nitriles is 1. The number of nitrogens with zero attached hydrogens (tertiary/aromatic N) is 4. The van der Waals surface area contributed by atoms with E-state index in [0.29, 0.717) is 28.2 Å². The Morgan fingerprint density at radius 1 is 1.30 bits per heavy atom. The van der Waals surface area contributed by atoms with Crippen LogP contribution in [0.4, 0.5) is 0 Å². The first-order valence-corrected chi connectivity index (χ1v) is 7.63. The number of oxazole rings is 1. The fourth-order valence-corrected chi connectivity index (χ4v) is 2.63. The summed E-state index contributed by atoms with van der Waals surface area (Å²) in [5, 5.41) is 20.2.